The van der Waals surface area contributed by atoms with Gasteiger partial charge in [-0.15, -0.1) is 0 Å². The summed E-state index contributed by atoms with van der Waals surface area (Å²) >= 11 is 0. The van der Waals surface area contributed by atoms with Crippen molar-refractivity contribution in [3.8, 4) is 0 Å². The molecule has 0 aromatic rings. The summed E-state index contributed by atoms with van der Waals surface area (Å²) in [7, 11) is -9.89. The van der Waals surface area contributed by atoms with Crippen LogP contribution in [0.1, 0.15) is 337 Å². The summed E-state index contributed by atoms with van der Waals surface area (Å²) < 4.78 is 68.0. The van der Waals surface area contributed by atoms with Crippen molar-refractivity contribution in [1.82, 2.24) is 0 Å². The third kappa shape index (κ3) is 62.6. The van der Waals surface area contributed by atoms with Crippen molar-refractivity contribution in [2.75, 3.05) is 39.6 Å². The molecule has 0 fully saturated rings. The number of hydrogen-bond donors (Lipinski definition) is 3. The third-order valence-electron chi connectivity index (χ3n) is 15.6. The van der Waals surface area contributed by atoms with Crippen molar-refractivity contribution in [1.29, 1.82) is 0 Å². The topological polar surface area (TPSA) is 237 Å². The lowest BCUT2D eigenvalue weighted by molar-refractivity contribution is -0.161. The van der Waals surface area contributed by atoms with Gasteiger partial charge in [-0.2, -0.15) is 0 Å². The fourth-order valence-corrected chi connectivity index (χ4v) is 11.8. The van der Waals surface area contributed by atoms with E-state index in [-0.39, 0.29) is 25.7 Å². The van der Waals surface area contributed by atoms with Gasteiger partial charge < -0.3 is 33.8 Å². The molecule has 2 unspecified atom stereocenters. The minimum atomic E-state index is -4.95. The van der Waals surface area contributed by atoms with Gasteiger partial charge in [-0.05, 0) is 43.4 Å². The molecule has 0 saturated carbocycles. The van der Waals surface area contributed by atoms with Crippen LogP contribution in [0.4, 0.5) is 0 Å². The monoisotopic (exact) mass is 1280 g/mol. The first-order valence-electron chi connectivity index (χ1n) is 35.3. The van der Waals surface area contributed by atoms with Crippen LogP contribution in [-0.4, -0.2) is 96.7 Å². The number of phosphoric ester groups is 2. The first-order valence-corrected chi connectivity index (χ1v) is 38.3. The molecule has 0 bridgehead atoms. The normalized spacial score (nSPS) is 14.3. The maximum Gasteiger partial charge on any atom is 0.472 e. The largest absolute Gasteiger partial charge is 0.472 e. The Morgan fingerprint density at radius 3 is 0.782 bits per heavy atom. The highest BCUT2D eigenvalue weighted by atomic mass is 31.2. The standard InChI is InChI=1S/C68H132O17P2/c1-8-9-10-32-42-49-65(70)78-55-63(84-67(72)52-45-38-31-25-19-17-22-28-35-41-48-61(6)7)57-82-86(74,75)80-53-62(69)54-81-87(76,77)83-58-64(56-79-66(71)50-43-36-29-23-18-16-21-27-34-40-47-60(4)5)85-68(73)51-44-37-30-24-15-13-11-12-14-20-26-33-39-46-59(2)3/h59-64,69H,8-58H2,1-7H3,(H,74,75)(H,76,77)/t62-,63+,64+/m0/s1. The van der Waals surface area contributed by atoms with Gasteiger partial charge in [-0.1, -0.05) is 286 Å². The van der Waals surface area contributed by atoms with E-state index < -0.39 is 97.5 Å². The molecule has 0 amide bonds. The predicted octanol–water partition coefficient (Wildman–Crippen LogP) is 19.1. The Hall–Kier alpha value is -1.94. The molecule has 0 aliphatic rings. The van der Waals surface area contributed by atoms with Crippen molar-refractivity contribution >= 4 is 39.5 Å². The molecule has 3 N–H and O–H groups in total. The number of unbranched alkanes of at least 4 members (excludes halogenated alkanes) is 34. The van der Waals surface area contributed by atoms with Crippen LogP contribution in [0.2, 0.25) is 0 Å². The van der Waals surface area contributed by atoms with Crippen molar-refractivity contribution in [2.45, 2.75) is 356 Å². The molecule has 516 valence electrons. The summed E-state index contributed by atoms with van der Waals surface area (Å²) in [6, 6.07) is 0. The highest BCUT2D eigenvalue weighted by molar-refractivity contribution is 7.47. The van der Waals surface area contributed by atoms with E-state index in [1.165, 1.54) is 141 Å². The number of aliphatic hydroxyl groups is 1. The molecule has 0 radical (unpaired) electrons. The zero-order valence-electron chi connectivity index (χ0n) is 56.5. The van der Waals surface area contributed by atoms with E-state index in [2.05, 4.69) is 48.5 Å². The average molecular weight is 1280 g/mol. The van der Waals surface area contributed by atoms with E-state index in [9.17, 15) is 43.2 Å². The maximum atomic E-state index is 13.0. The molecule has 0 rings (SSSR count). The molecule has 87 heavy (non-hydrogen) atoms. The number of esters is 4. The SMILES string of the molecule is CCCCCCCC(=O)OC[C@H](COP(=O)(O)OC[C@H](O)COP(=O)(O)OC[C@@H](COC(=O)CCCCCCCCCCCCC(C)C)OC(=O)CCCCCCCCCCCCCCCC(C)C)OC(=O)CCCCCCCCCCCCC(C)C. The van der Waals surface area contributed by atoms with Gasteiger partial charge in [0.25, 0.3) is 0 Å². The second-order valence-corrected chi connectivity index (χ2v) is 28.9. The Bertz CT molecular complexity index is 1720. The highest BCUT2D eigenvalue weighted by Crippen LogP contribution is 2.45. The summed E-state index contributed by atoms with van der Waals surface area (Å²) in [6.45, 7) is 11.7. The summed E-state index contributed by atoms with van der Waals surface area (Å²) in [5.41, 5.74) is 0. The molecule has 0 heterocycles. The van der Waals surface area contributed by atoms with Crippen molar-refractivity contribution < 1.29 is 80.2 Å². The summed E-state index contributed by atoms with van der Waals surface area (Å²) in [6.07, 6.45) is 42.0. The van der Waals surface area contributed by atoms with Crippen LogP contribution < -0.4 is 0 Å². The molecular weight excluding hydrogens is 1150 g/mol. The quantitative estimate of drug-likeness (QED) is 0.0222. The number of rotatable bonds is 66. The Morgan fingerprint density at radius 1 is 0.310 bits per heavy atom. The first kappa shape index (κ1) is 85.1. The number of carbonyl (C=O) groups excluding carboxylic acids is 4. The molecule has 19 heteroatoms. The molecule has 0 spiro atoms. The molecular formula is C68H132O17P2. The zero-order valence-corrected chi connectivity index (χ0v) is 58.3. The van der Waals surface area contributed by atoms with Gasteiger partial charge in [0, 0.05) is 25.7 Å². The van der Waals surface area contributed by atoms with Crippen LogP contribution >= 0.6 is 15.6 Å². The Kier molecular flexibility index (Phi) is 57.8. The van der Waals surface area contributed by atoms with Crippen LogP contribution in [0, 0.1) is 17.8 Å². The molecule has 17 nitrogen and oxygen atoms in total. The number of carbonyl (C=O) groups is 4. The minimum absolute atomic E-state index is 0.105. The molecule has 5 atom stereocenters. The van der Waals surface area contributed by atoms with Gasteiger partial charge in [0.15, 0.2) is 12.2 Å². The van der Waals surface area contributed by atoms with Gasteiger partial charge in [0.2, 0.25) is 0 Å². The highest BCUT2D eigenvalue weighted by Gasteiger charge is 2.30. The summed E-state index contributed by atoms with van der Waals surface area (Å²) in [4.78, 5) is 72.2. The van der Waals surface area contributed by atoms with Crippen LogP contribution in [0.3, 0.4) is 0 Å². The fraction of sp³-hybridized carbons (Fsp3) is 0.941. The second-order valence-electron chi connectivity index (χ2n) is 26.0. The average Bonchev–Trinajstić information content (AvgIpc) is 3.48. The van der Waals surface area contributed by atoms with Gasteiger partial charge in [0.1, 0.15) is 19.3 Å². The predicted molar refractivity (Wildman–Crippen MR) is 349 cm³/mol. The lowest BCUT2D eigenvalue weighted by Gasteiger charge is -2.21. The minimum Gasteiger partial charge on any atom is -0.462 e. The molecule has 0 saturated heterocycles. The lowest BCUT2D eigenvalue weighted by Crippen LogP contribution is -2.30. The van der Waals surface area contributed by atoms with E-state index >= 15 is 0 Å². The van der Waals surface area contributed by atoms with Gasteiger partial charge >= 0.3 is 39.5 Å². The Labute approximate surface area is 530 Å². The van der Waals surface area contributed by atoms with Gasteiger partial charge in [-0.3, -0.25) is 37.3 Å². The zero-order chi connectivity index (χ0) is 64.5. The van der Waals surface area contributed by atoms with Gasteiger partial charge in [-0.25, -0.2) is 9.13 Å². The van der Waals surface area contributed by atoms with Crippen LogP contribution in [0.5, 0.6) is 0 Å². The van der Waals surface area contributed by atoms with Crippen LogP contribution in [0.15, 0.2) is 0 Å². The van der Waals surface area contributed by atoms with Crippen LogP contribution in [-0.2, 0) is 65.4 Å². The van der Waals surface area contributed by atoms with E-state index in [1.807, 2.05) is 0 Å². The molecule has 0 aliphatic heterocycles. The smallest absolute Gasteiger partial charge is 0.462 e. The molecule has 0 aromatic heterocycles. The fourth-order valence-electron chi connectivity index (χ4n) is 10.2. The number of hydrogen-bond acceptors (Lipinski definition) is 15. The maximum absolute atomic E-state index is 13.0. The van der Waals surface area contributed by atoms with E-state index in [0.29, 0.717) is 25.7 Å². The Balaban J connectivity index is 5.17. The van der Waals surface area contributed by atoms with E-state index in [0.717, 1.165) is 114 Å². The molecule has 0 aromatic carbocycles. The second kappa shape index (κ2) is 59.1. The number of ether oxygens (including phenoxy) is 4. The Morgan fingerprint density at radius 2 is 0.529 bits per heavy atom. The molecule has 0 aliphatic carbocycles. The summed E-state index contributed by atoms with van der Waals surface area (Å²) in [5.74, 6) is 0.158. The lowest BCUT2D eigenvalue weighted by atomic mass is 10.0. The van der Waals surface area contributed by atoms with Gasteiger partial charge in [0.05, 0.1) is 26.4 Å². The van der Waals surface area contributed by atoms with Crippen LogP contribution in [0.25, 0.3) is 0 Å². The number of aliphatic hydroxyl groups excluding tert-OH is 1. The van der Waals surface area contributed by atoms with Crippen molar-refractivity contribution in [3.05, 3.63) is 0 Å². The number of phosphoric acid groups is 2. The third-order valence-corrected chi connectivity index (χ3v) is 17.5. The van der Waals surface area contributed by atoms with Crippen molar-refractivity contribution in [2.24, 2.45) is 17.8 Å². The first-order chi connectivity index (χ1) is 41.7. The summed E-state index contributed by atoms with van der Waals surface area (Å²) in [5, 5.41) is 10.5. The van der Waals surface area contributed by atoms with E-state index in [1.54, 1.807) is 0 Å². The van der Waals surface area contributed by atoms with Crippen molar-refractivity contribution in [3.63, 3.8) is 0 Å². The van der Waals surface area contributed by atoms with E-state index in [4.69, 9.17) is 37.0 Å².